The lowest BCUT2D eigenvalue weighted by molar-refractivity contribution is -0.385. The summed E-state index contributed by atoms with van der Waals surface area (Å²) in [4.78, 5) is 21.1. The van der Waals surface area contributed by atoms with Gasteiger partial charge in [-0.05, 0) is 18.9 Å². The summed E-state index contributed by atoms with van der Waals surface area (Å²) in [6.45, 7) is -0.0922. The summed E-state index contributed by atoms with van der Waals surface area (Å²) in [5, 5.41) is 19.8. The van der Waals surface area contributed by atoms with E-state index in [9.17, 15) is 23.3 Å². The highest BCUT2D eigenvalue weighted by atomic mass is 32.2. The van der Waals surface area contributed by atoms with Crippen LogP contribution in [0.25, 0.3) is 0 Å². The monoisotopic (exact) mass is 330 g/mol. The fourth-order valence-electron chi connectivity index (χ4n) is 2.19. The van der Waals surface area contributed by atoms with Crippen LogP contribution in [0.1, 0.15) is 12.8 Å². The molecular formula is C12H14N2O7S. The number of nitro benzene ring substituents is 1. The third-order valence-electron chi connectivity index (χ3n) is 3.31. The summed E-state index contributed by atoms with van der Waals surface area (Å²) in [7, 11) is -4.29. The molecule has 1 fully saturated rings. The Morgan fingerprint density at radius 3 is 2.73 bits per heavy atom. The second-order valence-corrected chi connectivity index (χ2v) is 6.34. The highest BCUT2D eigenvalue weighted by molar-refractivity contribution is 7.84. The second kappa shape index (κ2) is 6.28. The summed E-state index contributed by atoms with van der Waals surface area (Å²) >= 11 is 0. The standard InChI is InChI=1S/C12H14N2O7S/c15-12(16)9-4-3-7-13(8-9)22(19,20)21-11-6-2-1-5-10(11)14(17)18/h1-2,5-6,9H,3-4,7-8H2,(H,15,16)/t9-/m0/s1. The van der Waals surface area contributed by atoms with Gasteiger partial charge >= 0.3 is 22.0 Å². The van der Waals surface area contributed by atoms with E-state index in [1.54, 1.807) is 0 Å². The molecular weight excluding hydrogens is 316 g/mol. The number of rotatable bonds is 5. The van der Waals surface area contributed by atoms with Crippen molar-refractivity contribution < 1.29 is 27.4 Å². The van der Waals surface area contributed by atoms with Gasteiger partial charge in [-0.3, -0.25) is 14.9 Å². The Morgan fingerprint density at radius 1 is 1.41 bits per heavy atom. The van der Waals surface area contributed by atoms with Crippen molar-refractivity contribution >= 4 is 22.0 Å². The lowest BCUT2D eigenvalue weighted by Crippen LogP contribution is -2.44. The Hall–Kier alpha value is -2.20. The molecule has 22 heavy (non-hydrogen) atoms. The minimum atomic E-state index is -4.29. The van der Waals surface area contributed by atoms with Crippen molar-refractivity contribution in [1.82, 2.24) is 4.31 Å². The van der Waals surface area contributed by atoms with Gasteiger partial charge in [0.05, 0.1) is 10.8 Å². The van der Waals surface area contributed by atoms with E-state index in [1.807, 2.05) is 0 Å². The number of aliphatic carboxylic acids is 1. The minimum Gasteiger partial charge on any atom is -0.481 e. The number of carboxylic acids is 1. The minimum absolute atomic E-state index is 0.118. The van der Waals surface area contributed by atoms with E-state index in [4.69, 9.17) is 9.29 Å². The van der Waals surface area contributed by atoms with Gasteiger partial charge in [-0.2, -0.15) is 12.7 Å². The molecule has 0 aliphatic carbocycles. The van der Waals surface area contributed by atoms with Gasteiger partial charge in [0.15, 0.2) is 0 Å². The van der Waals surface area contributed by atoms with Crippen LogP contribution < -0.4 is 4.18 Å². The molecule has 1 N–H and O–H groups in total. The Balaban J connectivity index is 2.21. The Labute approximate surface area is 126 Å². The van der Waals surface area contributed by atoms with E-state index in [1.165, 1.54) is 18.2 Å². The molecule has 1 aromatic rings. The van der Waals surface area contributed by atoms with Crippen LogP contribution in [0.3, 0.4) is 0 Å². The van der Waals surface area contributed by atoms with E-state index in [0.29, 0.717) is 12.8 Å². The first-order valence-electron chi connectivity index (χ1n) is 6.47. The zero-order valence-electron chi connectivity index (χ0n) is 11.4. The van der Waals surface area contributed by atoms with E-state index in [0.717, 1.165) is 10.4 Å². The molecule has 1 heterocycles. The lowest BCUT2D eigenvalue weighted by atomic mass is 10.0. The number of carboxylic acid groups (broad SMARTS) is 1. The summed E-state index contributed by atoms with van der Waals surface area (Å²) in [6.07, 6.45) is 0.767. The summed E-state index contributed by atoms with van der Waals surface area (Å²) in [5.41, 5.74) is -0.474. The summed E-state index contributed by atoms with van der Waals surface area (Å²) in [6, 6.07) is 5.10. The zero-order valence-corrected chi connectivity index (χ0v) is 12.2. The largest absolute Gasteiger partial charge is 0.481 e. The van der Waals surface area contributed by atoms with Crippen LogP contribution >= 0.6 is 0 Å². The molecule has 0 bridgehead atoms. The Morgan fingerprint density at radius 2 is 2.09 bits per heavy atom. The third kappa shape index (κ3) is 3.52. The summed E-state index contributed by atoms with van der Waals surface area (Å²) < 4.78 is 30.1. The molecule has 120 valence electrons. The highest BCUT2D eigenvalue weighted by Gasteiger charge is 2.34. The fraction of sp³-hybridized carbons (Fsp3) is 0.417. The first-order chi connectivity index (χ1) is 10.3. The first-order valence-corrected chi connectivity index (χ1v) is 7.83. The average Bonchev–Trinajstić information content (AvgIpc) is 2.47. The molecule has 10 heteroatoms. The fourth-order valence-corrected chi connectivity index (χ4v) is 3.38. The van der Waals surface area contributed by atoms with Crippen LogP contribution in [0.5, 0.6) is 5.75 Å². The number of para-hydroxylation sites is 2. The summed E-state index contributed by atoms with van der Waals surface area (Å²) in [5.74, 6) is -2.28. The number of hydrogen-bond donors (Lipinski definition) is 1. The van der Waals surface area contributed by atoms with Gasteiger partial charge in [-0.15, -0.1) is 0 Å². The van der Waals surface area contributed by atoms with Gasteiger partial charge in [0, 0.05) is 19.2 Å². The van der Waals surface area contributed by atoms with Crippen molar-refractivity contribution in [3.05, 3.63) is 34.4 Å². The van der Waals surface area contributed by atoms with Gasteiger partial charge in [-0.25, -0.2) is 0 Å². The van der Waals surface area contributed by atoms with Crippen molar-refractivity contribution in [3.8, 4) is 5.75 Å². The van der Waals surface area contributed by atoms with Crippen LogP contribution in [-0.2, 0) is 15.1 Å². The predicted octanol–water partition coefficient (Wildman–Crippen LogP) is 1.01. The van der Waals surface area contributed by atoms with Crippen LogP contribution in [0, 0.1) is 16.0 Å². The number of carbonyl (C=O) groups is 1. The number of nitro groups is 1. The first kappa shape index (κ1) is 16.2. The van der Waals surface area contributed by atoms with E-state index >= 15 is 0 Å². The molecule has 0 spiro atoms. The second-order valence-electron chi connectivity index (χ2n) is 4.80. The number of benzene rings is 1. The van der Waals surface area contributed by atoms with E-state index in [2.05, 4.69) is 0 Å². The van der Waals surface area contributed by atoms with E-state index in [-0.39, 0.29) is 13.1 Å². The molecule has 1 aliphatic rings. The van der Waals surface area contributed by atoms with Crippen molar-refractivity contribution in [2.45, 2.75) is 12.8 Å². The Kier molecular flexibility index (Phi) is 4.62. The average molecular weight is 330 g/mol. The molecule has 0 saturated carbocycles. The molecule has 0 unspecified atom stereocenters. The molecule has 1 aliphatic heterocycles. The number of piperidine rings is 1. The molecule has 1 aromatic carbocycles. The van der Waals surface area contributed by atoms with Gasteiger partial charge in [-0.1, -0.05) is 12.1 Å². The maximum atomic E-state index is 12.2. The zero-order chi connectivity index (χ0) is 16.3. The van der Waals surface area contributed by atoms with E-state index < -0.39 is 38.6 Å². The van der Waals surface area contributed by atoms with Gasteiger partial charge in [0.25, 0.3) is 0 Å². The van der Waals surface area contributed by atoms with Crippen LogP contribution in [-0.4, -0.2) is 41.8 Å². The van der Waals surface area contributed by atoms with Gasteiger partial charge in [0.1, 0.15) is 0 Å². The van der Waals surface area contributed by atoms with Gasteiger partial charge in [0.2, 0.25) is 5.75 Å². The molecule has 1 atom stereocenters. The number of hydrogen-bond acceptors (Lipinski definition) is 6. The number of nitrogens with zero attached hydrogens (tertiary/aromatic N) is 2. The molecule has 0 amide bonds. The normalized spacial score (nSPS) is 19.5. The van der Waals surface area contributed by atoms with Crippen molar-refractivity contribution in [2.24, 2.45) is 5.92 Å². The topological polar surface area (TPSA) is 127 Å². The molecule has 2 rings (SSSR count). The smallest absolute Gasteiger partial charge is 0.385 e. The van der Waals surface area contributed by atoms with Gasteiger partial charge < -0.3 is 9.29 Å². The van der Waals surface area contributed by atoms with Crippen molar-refractivity contribution in [3.63, 3.8) is 0 Å². The molecule has 1 saturated heterocycles. The quantitative estimate of drug-likeness (QED) is 0.630. The van der Waals surface area contributed by atoms with Crippen molar-refractivity contribution in [2.75, 3.05) is 13.1 Å². The highest BCUT2D eigenvalue weighted by Crippen LogP contribution is 2.29. The molecule has 9 nitrogen and oxygen atoms in total. The third-order valence-corrected chi connectivity index (χ3v) is 4.66. The van der Waals surface area contributed by atoms with Crippen LogP contribution in [0.4, 0.5) is 5.69 Å². The molecule has 0 aromatic heterocycles. The predicted molar refractivity (Wildman–Crippen MR) is 74.6 cm³/mol. The SMILES string of the molecule is O=C(O)[C@H]1CCCN(S(=O)(=O)Oc2ccccc2[N+](=O)[O-])C1. The van der Waals surface area contributed by atoms with Crippen LogP contribution in [0.15, 0.2) is 24.3 Å². The maximum absolute atomic E-state index is 12.2. The maximum Gasteiger partial charge on any atom is 0.385 e. The molecule has 0 radical (unpaired) electrons. The van der Waals surface area contributed by atoms with Crippen LogP contribution in [0.2, 0.25) is 0 Å². The van der Waals surface area contributed by atoms with Crippen molar-refractivity contribution in [1.29, 1.82) is 0 Å². The Bertz CT molecular complexity index is 688. The lowest BCUT2D eigenvalue weighted by Gasteiger charge is -2.28.